The number of aromatic nitrogens is 5. The Morgan fingerprint density at radius 1 is 1.32 bits per heavy atom. The van der Waals surface area contributed by atoms with Gasteiger partial charge in [-0.3, -0.25) is 0 Å². The molecule has 2 aromatic heterocycles. The summed E-state index contributed by atoms with van der Waals surface area (Å²) in [4.78, 5) is 5.09. The molecule has 130 valence electrons. The summed E-state index contributed by atoms with van der Waals surface area (Å²) in [5.74, 6) is -0.109. The molecule has 0 amide bonds. The minimum atomic E-state index is -0.656. The van der Waals surface area contributed by atoms with E-state index in [0.29, 0.717) is 23.7 Å². The van der Waals surface area contributed by atoms with Crippen molar-refractivity contribution in [3.63, 3.8) is 0 Å². The molecule has 25 heavy (non-hydrogen) atoms. The fourth-order valence-electron chi connectivity index (χ4n) is 1.99. The standard InChI is InChI=1S/C15H14ClFN6O2/c16-9-7-12(17)15(19-8-9)25-11-3-1-10(2-4-11)23-21-14(20-22-23)13(18)5-6-24/h1-4,7-8,13,24H,5-6,18H2. The Morgan fingerprint density at radius 3 is 2.76 bits per heavy atom. The molecule has 1 unspecified atom stereocenters. The lowest BCUT2D eigenvalue weighted by molar-refractivity contribution is 0.274. The zero-order valence-electron chi connectivity index (χ0n) is 12.9. The average Bonchev–Trinajstić information content (AvgIpc) is 3.08. The van der Waals surface area contributed by atoms with E-state index in [0.717, 1.165) is 6.07 Å². The highest BCUT2D eigenvalue weighted by Gasteiger charge is 2.13. The van der Waals surface area contributed by atoms with E-state index in [1.54, 1.807) is 24.3 Å². The number of nitrogens with two attached hydrogens (primary N) is 1. The van der Waals surface area contributed by atoms with Crippen LogP contribution in [0.3, 0.4) is 0 Å². The van der Waals surface area contributed by atoms with Gasteiger partial charge in [-0.2, -0.15) is 0 Å². The SMILES string of the molecule is NC(CCO)c1nnn(-c2ccc(Oc3ncc(Cl)cc3F)cc2)n1. The number of pyridine rings is 1. The summed E-state index contributed by atoms with van der Waals surface area (Å²) in [6.07, 6.45) is 1.64. The molecule has 0 saturated carbocycles. The third-order valence-corrected chi connectivity index (χ3v) is 3.46. The molecule has 0 aliphatic heterocycles. The minimum absolute atomic E-state index is 0.0585. The Kier molecular flexibility index (Phi) is 5.17. The van der Waals surface area contributed by atoms with Crippen LogP contribution in [0.25, 0.3) is 5.69 Å². The van der Waals surface area contributed by atoms with E-state index in [1.807, 2.05) is 0 Å². The van der Waals surface area contributed by atoms with Crippen LogP contribution in [-0.4, -0.2) is 36.9 Å². The second-order valence-corrected chi connectivity index (χ2v) is 5.53. The Bertz CT molecular complexity index is 857. The maximum Gasteiger partial charge on any atom is 0.255 e. The molecule has 2 heterocycles. The molecule has 0 bridgehead atoms. The van der Waals surface area contributed by atoms with E-state index in [2.05, 4.69) is 20.4 Å². The third kappa shape index (κ3) is 4.08. The van der Waals surface area contributed by atoms with Crippen molar-refractivity contribution in [3.8, 4) is 17.3 Å². The van der Waals surface area contributed by atoms with Crippen LogP contribution in [-0.2, 0) is 0 Å². The number of hydrogen-bond acceptors (Lipinski definition) is 7. The molecule has 3 aromatic rings. The van der Waals surface area contributed by atoms with Crippen molar-refractivity contribution in [3.05, 3.63) is 53.2 Å². The normalized spacial score (nSPS) is 12.2. The molecule has 0 fully saturated rings. The Balaban J connectivity index is 1.74. The van der Waals surface area contributed by atoms with Gasteiger partial charge in [0.25, 0.3) is 5.88 Å². The molecule has 0 spiro atoms. The molecule has 10 heteroatoms. The Labute approximate surface area is 147 Å². The van der Waals surface area contributed by atoms with E-state index in [9.17, 15) is 4.39 Å². The van der Waals surface area contributed by atoms with E-state index in [1.165, 1.54) is 11.0 Å². The molecule has 0 aliphatic carbocycles. The van der Waals surface area contributed by atoms with Crippen molar-refractivity contribution in [2.45, 2.75) is 12.5 Å². The van der Waals surface area contributed by atoms with E-state index < -0.39 is 11.9 Å². The monoisotopic (exact) mass is 364 g/mol. The highest BCUT2D eigenvalue weighted by Crippen LogP contribution is 2.24. The number of halogens is 2. The fraction of sp³-hybridized carbons (Fsp3) is 0.200. The van der Waals surface area contributed by atoms with Crippen LogP contribution >= 0.6 is 11.6 Å². The predicted molar refractivity (Wildman–Crippen MR) is 87.1 cm³/mol. The highest BCUT2D eigenvalue weighted by molar-refractivity contribution is 6.30. The summed E-state index contributed by atoms with van der Waals surface area (Å²) in [6.45, 7) is -0.0585. The van der Waals surface area contributed by atoms with Gasteiger partial charge in [-0.1, -0.05) is 11.6 Å². The van der Waals surface area contributed by atoms with Crippen LogP contribution in [0.4, 0.5) is 4.39 Å². The van der Waals surface area contributed by atoms with Gasteiger partial charge in [0.1, 0.15) is 5.75 Å². The molecule has 3 N–H and O–H groups in total. The molecular weight excluding hydrogens is 351 g/mol. The van der Waals surface area contributed by atoms with Crippen LogP contribution in [0.5, 0.6) is 11.6 Å². The lowest BCUT2D eigenvalue weighted by Crippen LogP contribution is -2.14. The Hall–Kier alpha value is -2.62. The van der Waals surface area contributed by atoms with Crippen molar-refractivity contribution < 1.29 is 14.2 Å². The zero-order chi connectivity index (χ0) is 17.8. The van der Waals surface area contributed by atoms with E-state index in [4.69, 9.17) is 27.2 Å². The molecule has 1 atom stereocenters. The molecule has 0 saturated heterocycles. The van der Waals surface area contributed by atoms with Gasteiger partial charge >= 0.3 is 0 Å². The largest absolute Gasteiger partial charge is 0.436 e. The number of rotatable bonds is 6. The molecule has 3 rings (SSSR count). The number of aliphatic hydroxyl groups is 1. The molecule has 0 aliphatic rings. The smallest absolute Gasteiger partial charge is 0.255 e. The number of ether oxygens (including phenoxy) is 1. The van der Waals surface area contributed by atoms with E-state index in [-0.39, 0.29) is 17.5 Å². The van der Waals surface area contributed by atoms with Gasteiger partial charge in [-0.05, 0) is 42.0 Å². The number of nitrogens with zero attached hydrogens (tertiary/aromatic N) is 5. The third-order valence-electron chi connectivity index (χ3n) is 3.26. The summed E-state index contributed by atoms with van der Waals surface area (Å²) >= 11 is 5.65. The minimum Gasteiger partial charge on any atom is -0.436 e. The summed E-state index contributed by atoms with van der Waals surface area (Å²) in [5.41, 5.74) is 6.44. The maximum absolute atomic E-state index is 13.7. The summed E-state index contributed by atoms with van der Waals surface area (Å²) in [5, 5.41) is 21.0. The maximum atomic E-state index is 13.7. The lowest BCUT2D eigenvalue weighted by Gasteiger charge is -2.06. The van der Waals surface area contributed by atoms with E-state index >= 15 is 0 Å². The summed E-state index contributed by atoms with van der Waals surface area (Å²) in [7, 11) is 0. The highest BCUT2D eigenvalue weighted by atomic mass is 35.5. The second kappa shape index (κ2) is 7.51. The van der Waals surface area contributed by atoms with Gasteiger partial charge in [0.05, 0.1) is 16.8 Å². The fourth-order valence-corrected chi connectivity index (χ4v) is 2.13. The topological polar surface area (TPSA) is 112 Å². The first-order valence-electron chi connectivity index (χ1n) is 7.32. The zero-order valence-corrected chi connectivity index (χ0v) is 13.6. The van der Waals surface area contributed by atoms with Crippen molar-refractivity contribution in [1.29, 1.82) is 0 Å². The average molecular weight is 365 g/mol. The predicted octanol–water partition coefficient (Wildman–Crippen LogP) is 2.02. The van der Waals surface area contributed by atoms with Crippen molar-refractivity contribution >= 4 is 11.6 Å². The number of tetrazole rings is 1. The number of benzene rings is 1. The van der Waals surface area contributed by atoms with Gasteiger partial charge in [-0.15, -0.1) is 15.0 Å². The number of aliphatic hydroxyl groups excluding tert-OH is 1. The van der Waals surface area contributed by atoms with Crippen molar-refractivity contribution in [2.75, 3.05) is 6.61 Å². The van der Waals surface area contributed by atoms with Gasteiger partial charge in [0.2, 0.25) is 0 Å². The first kappa shape index (κ1) is 17.2. The van der Waals surface area contributed by atoms with Gasteiger partial charge in [-0.25, -0.2) is 9.37 Å². The van der Waals surface area contributed by atoms with Gasteiger partial charge < -0.3 is 15.6 Å². The lowest BCUT2D eigenvalue weighted by atomic mass is 10.2. The molecule has 1 aromatic carbocycles. The van der Waals surface area contributed by atoms with Gasteiger partial charge in [0.15, 0.2) is 11.6 Å². The second-order valence-electron chi connectivity index (χ2n) is 5.09. The summed E-state index contributed by atoms with van der Waals surface area (Å²) < 4.78 is 19.1. The van der Waals surface area contributed by atoms with Crippen molar-refractivity contribution in [1.82, 2.24) is 25.2 Å². The summed E-state index contributed by atoms with van der Waals surface area (Å²) in [6, 6.07) is 7.21. The van der Waals surface area contributed by atoms with Crippen molar-refractivity contribution in [2.24, 2.45) is 5.73 Å². The Morgan fingerprint density at radius 2 is 2.08 bits per heavy atom. The molecule has 8 nitrogen and oxygen atoms in total. The van der Waals surface area contributed by atoms with Crippen LogP contribution in [0.15, 0.2) is 36.5 Å². The first-order valence-corrected chi connectivity index (χ1v) is 7.70. The van der Waals surface area contributed by atoms with Gasteiger partial charge in [0, 0.05) is 12.8 Å². The van der Waals surface area contributed by atoms with Crippen LogP contribution < -0.4 is 10.5 Å². The van der Waals surface area contributed by atoms with Crippen LogP contribution in [0, 0.1) is 5.82 Å². The molecular formula is C15H14ClFN6O2. The molecule has 0 radical (unpaired) electrons. The van der Waals surface area contributed by atoms with Crippen LogP contribution in [0.1, 0.15) is 18.3 Å². The first-order chi connectivity index (χ1) is 12.1. The number of hydrogen-bond donors (Lipinski definition) is 2. The van der Waals surface area contributed by atoms with Crippen LogP contribution in [0.2, 0.25) is 5.02 Å². The quantitative estimate of drug-likeness (QED) is 0.688.